The fraction of sp³-hybridized carbons (Fsp3) is 0.250. The highest BCUT2D eigenvalue weighted by Gasteiger charge is 2.38. The molecule has 1 heterocycles. The number of carbonyl (C=O) groups excluding carboxylic acids is 1. The van der Waals surface area contributed by atoms with E-state index in [0.717, 1.165) is 0 Å². The van der Waals surface area contributed by atoms with Gasteiger partial charge in [-0.1, -0.05) is 0 Å². The molecule has 0 bridgehead atoms. The first-order valence-corrected chi connectivity index (χ1v) is 3.95. The van der Waals surface area contributed by atoms with Crippen LogP contribution in [0.1, 0.15) is 5.56 Å². The second-order valence-corrected chi connectivity index (χ2v) is 2.77. The van der Waals surface area contributed by atoms with E-state index < -0.39 is 12.1 Å². The Morgan fingerprint density at radius 1 is 1.53 bits per heavy atom. The normalized spacial score (nSPS) is 11.1. The van der Waals surface area contributed by atoms with Crippen molar-refractivity contribution in [2.24, 2.45) is 0 Å². The summed E-state index contributed by atoms with van der Waals surface area (Å²) >= 11 is 0. The van der Waals surface area contributed by atoms with Crippen molar-refractivity contribution in [1.29, 1.82) is 0 Å². The standard InChI is InChI=1S/C8H8F3N3O/c9-8(10,11)7(15)14-4-5-1-2-13-6(12)3-5/h1-3H,4H2,(H2,12,13)(H,14,15). The highest BCUT2D eigenvalue weighted by atomic mass is 19.4. The van der Waals surface area contributed by atoms with Gasteiger partial charge >= 0.3 is 12.1 Å². The van der Waals surface area contributed by atoms with E-state index in [1.165, 1.54) is 18.3 Å². The molecule has 0 spiro atoms. The van der Waals surface area contributed by atoms with Crippen LogP contribution in [0.25, 0.3) is 0 Å². The average molecular weight is 219 g/mol. The lowest BCUT2D eigenvalue weighted by atomic mass is 10.2. The highest BCUT2D eigenvalue weighted by molar-refractivity contribution is 5.81. The minimum absolute atomic E-state index is 0.189. The first-order chi connectivity index (χ1) is 6.89. The number of nitrogens with one attached hydrogen (secondary N) is 1. The van der Waals surface area contributed by atoms with Crippen LogP contribution in [0, 0.1) is 0 Å². The summed E-state index contributed by atoms with van der Waals surface area (Å²) in [4.78, 5) is 14.1. The zero-order chi connectivity index (χ0) is 11.5. The Labute approximate surface area is 83.3 Å². The molecular formula is C8H8F3N3O. The molecule has 3 N–H and O–H groups in total. The van der Waals surface area contributed by atoms with E-state index in [-0.39, 0.29) is 12.4 Å². The van der Waals surface area contributed by atoms with Crippen molar-refractivity contribution < 1.29 is 18.0 Å². The van der Waals surface area contributed by atoms with Crippen molar-refractivity contribution in [2.45, 2.75) is 12.7 Å². The van der Waals surface area contributed by atoms with Crippen LogP contribution in [0.4, 0.5) is 19.0 Å². The third kappa shape index (κ3) is 3.45. The molecule has 15 heavy (non-hydrogen) atoms. The molecule has 0 saturated carbocycles. The molecule has 0 radical (unpaired) electrons. The number of rotatable bonds is 2. The average Bonchev–Trinajstić information content (AvgIpc) is 2.12. The SMILES string of the molecule is Nc1cc(CNC(=O)C(F)(F)F)ccn1. The molecule has 4 nitrogen and oxygen atoms in total. The lowest BCUT2D eigenvalue weighted by Crippen LogP contribution is -2.36. The second kappa shape index (κ2) is 4.16. The van der Waals surface area contributed by atoms with Crippen LogP contribution >= 0.6 is 0 Å². The summed E-state index contributed by atoms with van der Waals surface area (Å²) in [7, 11) is 0. The Bertz CT molecular complexity index is 364. The molecule has 0 aromatic carbocycles. The van der Waals surface area contributed by atoms with E-state index in [1.807, 2.05) is 0 Å². The van der Waals surface area contributed by atoms with Crippen molar-refractivity contribution >= 4 is 11.7 Å². The Morgan fingerprint density at radius 2 is 2.20 bits per heavy atom. The number of nitrogens with zero attached hydrogens (tertiary/aromatic N) is 1. The summed E-state index contributed by atoms with van der Waals surface area (Å²) in [5, 5.41) is 1.72. The number of hydrogen-bond donors (Lipinski definition) is 2. The molecule has 0 atom stereocenters. The zero-order valence-electron chi connectivity index (χ0n) is 7.51. The number of anilines is 1. The number of nitrogens with two attached hydrogens (primary N) is 1. The summed E-state index contributed by atoms with van der Waals surface area (Å²) in [6.45, 7) is -0.231. The lowest BCUT2D eigenvalue weighted by Gasteiger charge is -2.07. The minimum Gasteiger partial charge on any atom is -0.384 e. The van der Waals surface area contributed by atoms with Crippen molar-refractivity contribution in [1.82, 2.24) is 10.3 Å². The van der Waals surface area contributed by atoms with Crippen molar-refractivity contribution in [3.05, 3.63) is 23.9 Å². The number of hydrogen-bond acceptors (Lipinski definition) is 3. The van der Waals surface area contributed by atoms with Crippen LogP contribution in [0.3, 0.4) is 0 Å². The van der Waals surface area contributed by atoms with Gasteiger partial charge in [0, 0.05) is 12.7 Å². The maximum absolute atomic E-state index is 11.8. The van der Waals surface area contributed by atoms with Gasteiger partial charge in [-0.2, -0.15) is 13.2 Å². The maximum atomic E-state index is 11.8. The fourth-order valence-corrected chi connectivity index (χ4v) is 0.887. The van der Waals surface area contributed by atoms with Gasteiger partial charge < -0.3 is 11.1 Å². The van der Waals surface area contributed by atoms with E-state index in [9.17, 15) is 18.0 Å². The number of halogens is 3. The van der Waals surface area contributed by atoms with Crippen LogP contribution in [0.2, 0.25) is 0 Å². The van der Waals surface area contributed by atoms with Gasteiger partial charge in [-0.3, -0.25) is 4.79 Å². The van der Waals surface area contributed by atoms with E-state index >= 15 is 0 Å². The van der Waals surface area contributed by atoms with E-state index in [2.05, 4.69) is 4.98 Å². The molecule has 1 aromatic heterocycles. The fourth-order valence-electron chi connectivity index (χ4n) is 0.887. The van der Waals surface area contributed by atoms with Gasteiger partial charge in [0.25, 0.3) is 0 Å². The summed E-state index contributed by atoms with van der Waals surface area (Å²) in [5.41, 5.74) is 5.76. The Hall–Kier alpha value is -1.79. The predicted molar refractivity (Wildman–Crippen MR) is 46.6 cm³/mol. The Kier molecular flexibility index (Phi) is 3.13. The van der Waals surface area contributed by atoms with Gasteiger partial charge in [-0.05, 0) is 17.7 Å². The molecule has 0 saturated heterocycles. The Balaban J connectivity index is 2.55. The quantitative estimate of drug-likeness (QED) is 0.774. The first kappa shape index (κ1) is 11.3. The number of alkyl halides is 3. The van der Waals surface area contributed by atoms with Gasteiger partial charge in [0.1, 0.15) is 5.82 Å². The number of carbonyl (C=O) groups is 1. The number of amides is 1. The molecule has 1 amide bonds. The minimum atomic E-state index is -4.86. The molecule has 0 aliphatic carbocycles. The summed E-state index contributed by atoms with van der Waals surface area (Å²) in [6.07, 6.45) is -3.51. The lowest BCUT2D eigenvalue weighted by molar-refractivity contribution is -0.173. The number of aromatic nitrogens is 1. The molecular weight excluding hydrogens is 211 g/mol. The van der Waals surface area contributed by atoms with Crippen molar-refractivity contribution in [2.75, 3.05) is 5.73 Å². The molecule has 7 heteroatoms. The summed E-state index contributed by atoms with van der Waals surface area (Å²) in [6, 6.07) is 2.85. The molecule has 0 fully saturated rings. The summed E-state index contributed by atoms with van der Waals surface area (Å²) < 4.78 is 35.3. The molecule has 0 unspecified atom stereocenters. The highest BCUT2D eigenvalue weighted by Crippen LogP contribution is 2.14. The van der Waals surface area contributed by atoms with Gasteiger partial charge in [0.05, 0.1) is 0 Å². The van der Waals surface area contributed by atoms with Gasteiger partial charge in [0.15, 0.2) is 0 Å². The van der Waals surface area contributed by atoms with Crippen molar-refractivity contribution in [3.8, 4) is 0 Å². The predicted octanol–water partition coefficient (Wildman–Crippen LogP) is 0.842. The molecule has 82 valence electrons. The number of nitrogen functional groups attached to an aromatic ring is 1. The third-order valence-corrected chi connectivity index (χ3v) is 1.56. The van der Waals surface area contributed by atoms with Crippen LogP contribution < -0.4 is 11.1 Å². The first-order valence-electron chi connectivity index (χ1n) is 3.95. The number of pyridine rings is 1. The molecule has 1 rings (SSSR count). The van der Waals surface area contributed by atoms with E-state index in [0.29, 0.717) is 5.56 Å². The third-order valence-electron chi connectivity index (χ3n) is 1.56. The smallest absolute Gasteiger partial charge is 0.384 e. The van der Waals surface area contributed by atoms with Gasteiger partial charge in [0.2, 0.25) is 0 Å². The van der Waals surface area contributed by atoms with Gasteiger partial charge in [-0.15, -0.1) is 0 Å². The zero-order valence-corrected chi connectivity index (χ0v) is 7.51. The van der Waals surface area contributed by atoms with E-state index in [1.54, 1.807) is 5.32 Å². The molecule has 0 aliphatic rings. The maximum Gasteiger partial charge on any atom is 0.471 e. The van der Waals surface area contributed by atoms with Gasteiger partial charge in [-0.25, -0.2) is 4.98 Å². The van der Waals surface area contributed by atoms with Crippen LogP contribution in [0.5, 0.6) is 0 Å². The largest absolute Gasteiger partial charge is 0.471 e. The van der Waals surface area contributed by atoms with Crippen molar-refractivity contribution in [3.63, 3.8) is 0 Å². The summed E-state index contributed by atoms with van der Waals surface area (Å²) in [5.74, 6) is -1.79. The second-order valence-electron chi connectivity index (χ2n) is 2.77. The van der Waals surface area contributed by atoms with Crippen LogP contribution in [-0.2, 0) is 11.3 Å². The monoisotopic (exact) mass is 219 g/mol. The van der Waals surface area contributed by atoms with Crippen LogP contribution in [-0.4, -0.2) is 17.1 Å². The molecule has 1 aromatic rings. The van der Waals surface area contributed by atoms with E-state index in [4.69, 9.17) is 5.73 Å². The van der Waals surface area contributed by atoms with Crippen LogP contribution in [0.15, 0.2) is 18.3 Å². The Morgan fingerprint density at radius 3 is 2.73 bits per heavy atom. The topological polar surface area (TPSA) is 68.0 Å². The molecule has 0 aliphatic heterocycles.